The Balaban J connectivity index is 1.22. The van der Waals surface area contributed by atoms with Gasteiger partial charge in [-0.1, -0.05) is 60.1 Å². The third kappa shape index (κ3) is 5.21. The summed E-state index contributed by atoms with van der Waals surface area (Å²) in [6, 6.07) is 20.5. The van der Waals surface area contributed by atoms with Gasteiger partial charge >= 0.3 is 12.1 Å². The average molecular weight is 479 g/mol. The highest BCUT2D eigenvalue weighted by atomic mass is 35.5. The summed E-state index contributed by atoms with van der Waals surface area (Å²) in [5.41, 5.74) is 4.86. The molecule has 1 aliphatic carbocycles. The molecular formula is C26H23ClN2O5. The monoisotopic (exact) mass is 478 g/mol. The number of hydrogen-bond acceptors (Lipinski definition) is 4. The van der Waals surface area contributed by atoms with E-state index in [0.717, 1.165) is 22.3 Å². The quantitative estimate of drug-likeness (QED) is 0.381. The SMILES string of the molecule is O=C(CCCNC(=O)OCC1c2ccccc2-c2ccccc21)Nc1ccc(Cl)c(C(=O)O)c1. The Hall–Kier alpha value is -3.84. The number of fused-ring (bicyclic) bond motifs is 3. The molecule has 0 saturated heterocycles. The summed E-state index contributed by atoms with van der Waals surface area (Å²) < 4.78 is 5.47. The normalized spacial score (nSPS) is 11.9. The predicted octanol–water partition coefficient (Wildman–Crippen LogP) is 5.30. The van der Waals surface area contributed by atoms with Crippen molar-refractivity contribution in [2.45, 2.75) is 18.8 Å². The van der Waals surface area contributed by atoms with Crippen molar-refractivity contribution in [1.82, 2.24) is 5.32 Å². The molecule has 2 amide bonds. The lowest BCUT2D eigenvalue weighted by molar-refractivity contribution is -0.116. The van der Waals surface area contributed by atoms with E-state index in [2.05, 4.69) is 34.9 Å². The molecule has 0 spiro atoms. The number of anilines is 1. The van der Waals surface area contributed by atoms with E-state index in [1.165, 1.54) is 18.2 Å². The van der Waals surface area contributed by atoms with E-state index >= 15 is 0 Å². The molecule has 0 bridgehead atoms. The number of carbonyl (C=O) groups excluding carboxylic acids is 2. The lowest BCUT2D eigenvalue weighted by atomic mass is 9.98. The fourth-order valence-electron chi connectivity index (χ4n) is 4.08. The predicted molar refractivity (Wildman–Crippen MR) is 129 cm³/mol. The van der Waals surface area contributed by atoms with Crippen LogP contribution in [0.25, 0.3) is 11.1 Å². The molecule has 1 aliphatic rings. The highest BCUT2D eigenvalue weighted by molar-refractivity contribution is 6.33. The maximum Gasteiger partial charge on any atom is 0.407 e. The number of benzene rings is 3. The summed E-state index contributed by atoms with van der Waals surface area (Å²) in [6.07, 6.45) is 0.00968. The molecule has 0 fully saturated rings. The van der Waals surface area contributed by atoms with Gasteiger partial charge in [0.25, 0.3) is 0 Å². The summed E-state index contributed by atoms with van der Waals surface area (Å²) in [6.45, 7) is 0.494. The Labute approximate surface area is 201 Å². The molecule has 3 aromatic carbocycles. The van der Waals surface area contributed by atoms with E-state index in [4.69, 9.17) is 21.4 Å². The Morgan fingerprint density at radius 1 is 0.941 bits per heavy atom. The number of ether oxygens (including phenoxy) is 1. The van der Waals surface area contributed by atoms with Crippen LogP contribution in [-0.2, 0) is 9.53 Å². The molecule has 3 aromatic rings. The van der Waals surface area contributed by atoms with Gasteiger partial charge in [0.05, 0.1) is 10.6 Å². The van der Waals surface area contributed by atoms with Gasteiger partial charge in [0.15, 0.2) is 0 Å². The van der Waals surface area contributed by atoms with Crippen molar-refractivity contribution >= 4 is 35.3 Å². The largest absolute Gasteiger partial charge is 0.478 e. The molecule has 0 aromatic heterocycles. The molecule has 8 heteroatoms. The molecule has 0 aliphatic heterocycles. The van der Waals surface area contributed by atoms with Crippen LogP contribution in [0.2, 0.25) is 5.02 Å². The van der Waals surface area contributed by atoms with Crippen molar-refractivity contribution < 1.29 is 24.2 Å². The van der Waals surface area contributed by atoms with E-state index < -0.39 is 12.1 Å². The van der Waals surface area contributed by atoms with Crippen LogP contribution in [0.1, 0.15) is 40.2 Å². The van der Waals surface area contributed by atoms with Gasteiger partial charge < -0.3 is 20.5 Å². The van der Waals surface area contributed by atoms with Crippen LogP contribution in [0.5, 0.6) is 0 Å². The maximum absolute atomic E-state index is 12.2. The molecule has 34 heavy (non-hydrogen) atoms. The molecule has 0 radical (unpaired) electrons. The average Bonchev–Trinajstić information content (AvgIpc) is 3.15. The van der Waals surface area contributed by atoms with Gasteiger partial charge in [-0.2, -0.15) is 0 Å². The van der Waals surface area contributed by atoms with Gasteiger partial charge in [-0.05, 0) is 46.9 Å². The minimum absolute atomic E-state index is 0.0148. The van der Waals surface area contributed by atoms with E-state index in [1.807, 2.05) is 24.3 Å². The molecule has 0 unspecified atom stereocenters. The van der Waals surface area contributed by atoms with Gasteiger partial charge in [0.2, 0.25) is 5.91 Å². The number of carboxylic acids is 1. The number of amides is 2. The molecule has 0 atom stereocenters. The van der Waals surface area contributed by atoms with Crippen LogP contribution in [0.4, 0.5) is 10.5 Å². The zero-order valence-corrected chi connectivity index (χ0v) is 19.0. The fraction of sp³-hybridized carbons (Fsp3) is 0.192. The third-order valence-electron chi connectivity index (χ3n) is 5.67. The van der Waals surface area contributed by atoms with E-state index in [-0.39, 0.29) is 42.0 Å². The van der Waals surface area contributed by atoms with E-state index in [1.54, 1.807) is 0 Å². The first-order valence-electron chi connectivity index (χ1n) is 10.9. The van der Waals surface area contributed by atoms with Crippen LogP contribution in [0.15, 0.2) is 66.7 Å². The number of hydrogen-bond donors (Lipinski definition) is 3. The third-order valence-corrected chi connectivity index (χ3v) is 6.00. The number of carbonyl (C=O) groups is 3. The summed E-state index contributed by atoms with van der Waals surface area (Å²) in [5, 5.41) is 14.5. The summed E-state index contributed by atoms with van der Waals surface area (Å²) in [5.74, 6) is -1.49. The number of rotatable bonds is 8. The molecular weight excluding hydrogens is 456 g/mol. The number of alkyl carbamates (subject to hydrolysis) is 1. The molecule has 4 rings (SSSR count). The van der Waals surface area contributed by atoms with Gasteiger partial charge in [-0.15, -0.1) is 0 Å². The molecule has 174 valence electrons. The topological polar surface area (TPSA) is 105 Å². The zero-order valence-electron chi connectivity index (χ0n) is 18.2. The van der Waals surface area contributed by atoms with Gasteiger partial charge in [0.1, 0.15) is 6.61 Å². The fourth-order valence-corrected chi connectivity index (χ4v) is 4.28. The second kappa shape index (κ2) is 10.4. The highest BCUT2D eigenvalue weighted by Crippen LogP contribution is 2.44. The first-order valence-corrected chi connectivity index (χ1v) is 11.2. The van der Waals surface area contributed by atoms with Crippen LogP contribution >= 0.6 is 11.6 Å². The number of carboxylic acid groups (broad SMARTS) is 1. The molecule has 0 heterocycles. The highest BCUT2D eigenvalue weighted by Gasteiger charge is 2.28. The number of nitrogens with one attached hydrogen (secondary N) is 2. The van der Waals surface area contributed by atoms with E-state index in [9.17, 15) is 14.4 Å². The molecule has 0 saturated carbocycles. The van der Waals surface area contributed by atoms with Crippen molar-refractivity contribution in [3.05, 3.63) is 88.4 Å². The standard InChI is InChI=1S/C26H23ClN2O5/c27-23-12-11-16(14-21(23)25(31)32)29-24(30)10-5-13-28-26(33)34-15-22-19-8-3-1-6-17(19)18-7-2-4-9-20(18)22/h1-4,6-9,11-12,14,22H,5,10,13,15H2,(H,28,33)(H,29,30)(H,31,32). The van der Waals surface area contributed by atoms with Crippen molar-refractivity contribution in [2.24, 2.45) is 0 Å². The van der Waals surface area contributed by atoms with E-state index in [0.29, 0.717) is 12.1 Å². The van der Waals surface area contributed by atoms with Crippen molar-refractivity contribution in [2.75, 3.05) is 18.5 Å². The lowest BCUT2D eigenvalue weighted by Gasteiger charge is -2.14. The summed E-state index contributed by atoms with van der Waals surface area (Å²) in [4.78, 5) is 35.5. The van der Waals surface area contributed by atoms with Crippen molar-refractivity contribution in [3.8, 4) is 11.1 Å². The van der Waals surface area contributed by atoms with Crippen molar-refractivity contribution in [3.63, 3.8) is 0 Å². The number of halogens is 1. The Kier molecular flexibility index (Phi) is 7.13. The zero-order chi connectivity index (χ0) is 24.1. The first kappa shape index (κ1) is 23.3. The smallest absolute Gasteiger partial charge is 0.407 e. The maximum atomic E-state index is 12.2. The van der Waals surface area contributed by atoms with Crippen LogP contribution in [-0.4, -0.2) is 36.2 Å². The molecule has 7 nitrogen and oxygen atoms in total. The second-order valence-electron chi connectivity index (χ2n) is 7.90. The Bertz CT molecular complexity index is 1200. The van der Waals surface area contributed by atoms with Gasteiger partial charge in [-0.25, -0.2) is 9.59 Å². The van der Waals surface area contributed by atoms with Crippen LogP contribution in [0.3, 0.4) is 0 Å². The Morgan fingerprint density at radius 3 is 2.24 bits per heavy atom. The van der Waals surface area contributed by atoms with Crippen LogP contribution < -0.4 is 10.6 Å². The minimum atomic E-state index is -1.17. The van der Waals surface area contributed by atoms with Gasteiger partial charge in [-0.3, -0.25) is 4.79 Å². The van der Waals surface area contributed by atoms with Gasteiger partial charge in [0, 0.05) is 24.6 Å². The van der Waals surface area contributed by atoms with Crippen molar-refractivity contribution in [1.29, 1.82) is 0 Å². The minimum Gasteiger partial charge on any atom is -0.478 e. The first-order chi connectivity index (χ1) is 16.4. The summed E-state index contributed by atoms with van der Waals surface area (Å²) in [7, 11) is 0. The summed E-state index contributed by atoms with van der Waals surface area (Å²) >= 11 is 5.83. The number of aromatic carboxylic acids is 1. The molecule has 3 N–H and O–H groups in total. The van der Waals surface area contributed by atoms with Crippen LogP contribution in [0, 0.1) is 0 Å². The Morgan fingerprint density at radius 2 is 1.59 bits per heavy atom. The second-order valence-corrected chi connectivity index (χ2v) is 8.31. The lowest BCUT2D eigenvalue weighted by Crippen LogP contribution is -2.27.